The lowest BCUT2D eigenvalue weighted by Crippen LogP contribution is -2.49. The van der Waals surface area contributed by atoms with Crippen molar-refractivity contribution in [2.24, 2.45) is 5.92 Å². The molecule has 2 aliphatic carbocycles. The van der Waals surface area contributed by atoms with E-state index < -0.39 is 54.2 Å². The fraction of sp³-hybridized carbons (Fsp3) is 0.385. The summed E-state index contributed by atoms with van der Waals surface area (Å²) in [6.45, 7) is 0. The lowest BCUT2D eigenvalue weighted by Gasteiger charge is -2.40. The number of alkyl halides is 5. The minimum atomic E-state index is -4.52. The summed E-state index contributed by atoms with van der Waals surface area (Å²) >= 11 is 20.0. The SMILES string of the molecule is CN(C)[C@H]1C[C@@]2(c3cccc(C(F)(F)F)c3)C(C[C@@H]1Nc1cc(F)c(S(=O)(=O)Nc3ccncn3)cc1Cl)C2(Cl)Cl. The van der Waals surface area contributed by atoms with Crippen molar-refractivity contribution >= 4 is 56.3 Å². The number of hydrogen-bond acceptors (Lipinski definition) is 6. The largest absolute Gasteiger partial charge is 0.416 e. The molecule has 0 aliphatic heterocycles. The molecule has 1 aromatic heterocycles. The van der Waals surface area contributed by atoms with Crippen LogP contribution in [0, 0.1) is 11.7 Å². The van der Waals surface area contributed by atoms with E-state index in [0.29, 0.717) is 18.4 Å². The predicted octanol–water partition coefficient (Wildman–Crippen LogP) is 6.33. The fourth-order valence-electron chi connectivity index (χ4n) is 5.81. The van der Waals surface area contributed by atoms with Crippen molar-refractivity contribution in [3.05, 3.63) is 77.0 Å². The van der Waals surface area contributed by atoms with Crippen LogP contribution in [0.25, 0.3) is 0 Å². The lowest BCUT2D eigenvalue weighted by atomic mass is 9.77. The molecule has 3 aromatic rings. The van der Waals surface area contributed by atoms with Crippen LogP contribution < -0.4 is 10.0 Å². The molecule has 1 heterocycles. The van der Waals surface area contributed by atoms with Crippen LogP contribution in [0.2, 0.25) is 5.02 Å². The highest BCUT2D eigenvalue weighted by atomic mass is 35.5. The summed E-state index contributed by atoms with van der Waals surface area (Å²) in [5.74, 6) is -1.51. The minimum Gasteiger partial charge on any atom is -0.379 e. The van der Waals surface area contributed by atoms with Gasteiger partial charge in [-0.2, -0.15) is 13.2 Å². The summed E-state index contributed by atoms with van der Waals surface area (Å²) in [6.07, 6.45) is -1.42. The number of halogens is 7. The molecule has 0 saturated heterocycles. The van der Waals surface area contributed by atoms with Crippen LogP contribution in [-0.2, 0) is 21.6 Å². The van der Waals surface area contributed by atoms with Crippen molar-refractivity contribution in [2.45, 2.75) is 45.7 Å². The molecule has 5 rings (SSSR count). The second-order valence-electron chi connectivity index (χ2n) is 10.4. The van der Waals surface area contributed by atoms with E-state index in [-0.39, 0.29) is 22.6 Å². The van der Waals surface area contributed by atoms with E-state index in [1.54, 1.807) is 6.07 Å². The van der Waals surface area contributed by atoms with Gasteiger partial charge in [0.1, 0.15) is 27.2 Å². The Bertz CT molecular complexity index is 1580. The second kappa shape index (κ2) is 10.4. The monoisotopic (exact) mass is 651 g/mol. The Morgan fingerprint density at radius 3 is 2.49 bits per heavy atom. The summed E-state index contributed by atoms with van der Waals surface area (Å²) in [4.78, 5) is 8.69. The van der Waals surface area contributed by atoms with E-state index in [2.05, 4.69) is 20.0 Å². The quantitative estimate of drug-likeness (QED) is 0.229. The van der Waals surface area contributed by atoms with Crippen LogP contribution in [0.15, 0.2) is 59.9 Å². The Labute approximate surface area is 249 Å². The van der Waals surface area contributed by atoms with Crippen molar-refractivity contribution < 1.29 is 26.0 Å². The molecule has 2 fully saturated rings. The molecule has 0 bridgehead atoms. The topological polar surface area (TPSA) is 87.2 Å². The molecule has 41 heavy (non-hydrogen) atoms. The van der Waals surface area contributed by atoms with E-state index in [0.717, 1.165) is 30.6 Å². The summed E-state index contributed by atoms with van der Waals surface area (Å²) < 4.78 is 82.1. The van der Waals surface area contributed by atoms with Crippen LogP contribution in [0.1, 0.15) is 24.0 Å². The van der Waals surface area contributed by atoms with Crippen LogP contribution in [-0.4, -0.2) is 53.8 Å². The van der Waals surface area contributed by atoms with Crippen LogP contribution in [0.4, 0.5) is 29.1 Å². The first-order valence-corrected chi connectivity index (χ1v) is 15.0. The molecule has 0 amide bonds. The van der Waals surface area contributed by atoms with Gasteiger partial charge in [-0.05, 0) is 56.8 Å². The number of hydrogen-bond donors (Lipinski definition) is 2. The van der Waals surface area contributed by atoms with Gasteiger partial charge >= 0.3 is 6.18 Å². The summed E-state index contributed by atoms with van der Waals surface area (Å²) in [5.41, 5.74) is -1.16. The number of sulfonamides is 1. The van der Waals surface area contributed by atoms with Crippen molar-refractivity contribution in [3.63, 3.8) is 0 Å². The molecule has 2 saturated carbocycles. The molecule has 220 valence electrons. The molecule has 7 nitrogen and oxygen atoms in total. The third-order valence-corrected chi connectivity index (χ3v) is 10.8. The first kappa shape index (κ1) is 30.1. The zero-order chi connectivity index (χ0) is 30.0. The van der Waals surface area contributed by atoms with Crippen molar-refractivity contribution in [2.75, 3.05) is 24.1 Å². The van der Waals surface area contributed by atoms with Gasteiger partial charge in [-0.3, -0.25) is 4.72 Å². The molecule has 2 N–H and O–H groups in total. The average Bonchev–Trinajstić information content (AvgIpc) is 3.39. The molecule has 2 aromatic carbocycles. The van der Waals surface area contributed by atoms with Crippen molar-refractivity contribution in [1.29, 1.82) is 0 Å². The number of likely N-dealkylation sites (N-methyl/N-ethyl adjacent to an activating group) is 1. The highest BCUT2D eigenvalue weighted by Crippen LogP contribution is 2.75. The van der Waals surface area contributed by atoms with Crippen LogP contribution in [0.3, 0.4) is 0 Å². The maximum absolute atomic E-state index is 15.2. The van der Waals surface area contributed by atoms with Crippen LogP contribution >= 0.6 is 34.8 Å². The third-order valence-electron chi connectivity index (χ3n) is 7.87. The minimum absolute atomic E-state index is 0.0481. The Kier molecular flexibility index (Phi) is 7.64. The maximum Gasteiger partial charge on any atom is 0.416 e. The molecule has 0 radical (unpaired) electrons. The highest BCUT2D eigenvalue weighted by molar-refractivity contribution is 7.92. The zero-order valence-corrected chi connectivity index (χ0v) is 24.6. The first-order valence-electron chi connectivity index (χ1n) is 12.3. The van der Waals surface area contributed by atoms with Crippen molar-refractivity contribution in [1.82, 2.24) is 14.9 Å². The van der Waals surface area contributed by atoms with E-state index >= 15 is 4.39 Å². The van der Waals surface area contributed by atoms with E-state index in [9.17, 15) is 21.6 Å². The van der Waals surface area contributed by atoms with Crippen LogP contribution in [0.5, 0.6) is 0 Å². The number of nitrogens with zero attached hydrogens (tertiary/aromatic N) is 3. The molecular formula is C26H24Cl3F4N5O2S. The van der Waals surface area contributed by atoms with Crippen molar-refractivity contribution in [3.8, 4) is 0 Å². The number of aromatic nitrogens is 2. The van der Waals surface area contributed by atoms with Gasteiger partial charge in [0.2, 0.25) is 0 Å². The predicted molar refractivity (Wildman–Crippen MR) is 149 cm³/mol. The normalized spacial score (nSPS) is 25.5. The summed E-state index contributed by atoms with van der Waals surface area (Å²) in [6, 6.07) is 7.64. The second-order valence-corrected chi connectivity index (χ2v) is 13.9. The Balaban J connectivity index is 1.43. The van der Waals surface area contributed by atoms with Gasteiger partial charge in [0.25, 0.3) is 10.0 Å². The van der Waals surface area contributed by atoms with E-state index in [4.69, 9.17) is 34.8 Å². The van der Waals surface area contributed by atoms with Gasteiger partial charge in [-0.1, -0.05) is 29.8 Å². The van der Waals surface area contributed by atoms with E-state index in [1.165, 1.54) is 18.3 Å². The number of fused-ring (bicyclic) bond motifs is 1. The fourth-order valence-corrected chi connectivity index (χ4v) is 8.27. The highest BCUT2D eigenvalue weighted by Gasteiger charge is 2.78. The standard InChI is InChI=1S/C26H24Cl3F4N5O2S/c1-38(2)20-12-24(14-4-3-5-15(8-14)26(31,32)33)22(25(24,28)29)11-19(20)36-18-10-17(30)21(9-16(18)27)41(39,40)37-23-6-7-34-13-35-23/h3-10,13,19-20,22,36H,11-12H2,1-2H3,(H,34,35,37)/t19-,20-,22?,24+/m0/s1. The summed E-state index contributed by atoms with van der Waals surface area (Å²) in [5, 5.41) is 3.15. The van der Waals surface area contributed by atoms with Gasteiger partial charge in [0, 0.05) is 29.6 Å². The summed E-state index contributed by atoms with van der Waals surface area (Å²) in [7, 11) is -0.745. The Hall–Kier alpha value is -2.38. The Morgan fingerprint density at radius 1 is 1.12 bits per heavy atom. The van der Waals surface area contributed by atoms with E-state index in [1.807, 2.05) is 19.0 Å². The van der Waals surface area contributed by atoms with Gasteiger partial charge < -0.3 is 10.2 Å². The number of nitrogens with one attached hydrogen (secondary N) is 2. The van der Waals surface area contributed by atoms with Gasteiger partial charge in [0.15, 0.2) is 0 Å². The van der Waals surface area contributed by atoms with Gasteiger partial charge in [-0.25, -0.2) is 22.8 Å². The maximum atomic E-state index is 15.2. The molecule has 15 heteroatoms. The molecule has 0 spiro atoms. The number of rotatable bonds is 7. The van der Waals surface area contributed by atoms with Gasteiger partial charge in [0.05, 0.1) is 16.3 Å². The number of benzene rings is 2. The molecule has 1 unspecified atom stereocenters. The lowest BCUT2D eigenvalue weighted by molar-refractivity contribution is -0.137. The molecule has 4 atom stereocenters. The van der Waals surface area contributed by atoms with Gasteiger partial charge in [-0.15, -0.1) is 23.2 Å². The average molecular weight is 653 g/mol. The first-order chi connectivity index (χ1) is 19.1. The third kappa shape index (κ3) is 5.33. The smallest absolute Gasteiger partial charge is 0.379 e. The Morgan fingerprint density at radius 2 is 1.85 bits per heavy atom. The number of anilines is 2. The molecular weight excluding hydrogens is 629 g/mol. The molecule has 2 aliphatic rings. The zero-order valence-electron chi connectivity index (χ0n) is 21.6.